The van der Waals surface area contributed by atoms with Gasteiger partial charge in [0.25, 0.3) is 0 Å². The molecular formula is C16H16BrNO4S. The summed E-state index contributed by atoms with van der Waals surface area (Å²) in [6.45, 7) is 2.17. The van der Waals surface area contributed by atoms with Crippen molar-refractivity contribution in [2.75, 3.05) is 7.11 Å². The Balaban J connectivity index is 0.000000277. The summed E-state index contributed by atoms with van der Waals surface area (Å²) in [5.41, 5.74) is 2.57. The molecule has 0 aliphatic heterocycles. The van der Waals surface area contributed by atoms with Gasteiger partial charge in [0, 0.05) is 28.2 Å². The number of rotatable bonds is 1. The highest BCUT2D eigenvalue weighted by Gasteiger charge is 2.14. The van der Waals surface area contributed by atoms with E-state index < -0.39 is 10.4 Å². The first-order valence-corrected chi connectivity index (χ1v) is 8.85. The molecule has 2 aromatic carbocycles. The third kappa shape index (κ3) is 4.06. The molecule has 0 aliphatic rings. The van der Waals surface area contributed by atoms with Gasteiger partial charge in [-0.05, 0) is 18.2 Å². The standard InChI is InChI=1S/C15H13BrN.CH4O4S/c1-10-12-5-3-4-6-13(12)14-9-11(16)7-8-15(14)17(10)2;1-5-6(2,3)4/h3-9H,1-2H3;1H3,(H,2,3,4)/q+1;/p-1. The Morgan fingerprint density at radius 1 is 1.09 bits per heavy atom. The Kier molecular flexibility index (Phi) is 5.36. The van der Waals surface area contributed by atoms with Gasteiger partial charge in [0.1, 0.15) is 7.05 Å². The molecule has 0 atom stereocenters. The normalized spacial score (nSPS) is 11.3. The van der Waals surface area contributed by atoms with E-state index in [1.54, 1.807) is 0 Å². The van der Waals surface area contributed by atoms with Crippen molar-refractivity contribution in [1.29, 1.82) is 0 Å². The molecule has 0 unspecified atom stereocenters. The van der Waals surface area contributed by atoms with Gasteiger partial charge in [-0.15, -0.1) is 0 Å². The molecule has 0 saturated heterocycles. The Hall–Kier alpha value is -1.54. The fraction of sp³-hybridized carbons (Fsp3) is 0.188. The van der Waals surface area contributed by atoms with Crippen molar-refractivity contribution in [1.82, 2.24) is 0 Å². The zero-order valence-corrected chi connectivity index (χ0v) is 15.3. The number of fused-ring (bicyclic) bond motifs is 3. The summed E-state index contributed by atoms with van der Waals surface area (Å²) >= 11 is 3.55. The van der Waals surface area contributed by atoms with Crippen molar-refractivity contribution in [2.24, 2.45) is 7.05 Å². The summed E-state index contributed by atoms with van der Waals surface area (Å²) in [5.74, 6) is 0. The number of aromatic nitrogens is 1. The second kappa shape index (κ2) is 6.92. The molecule has 0 amide bonds. The van der Waals surface area contributed by atoms with E-state index in [0.29, 0.717) is 0 Å². The van der Waals surface area contributed by atoms with E-state index in [2.05, 4.69) is 81.1 Å². The molecule has 1 aromatic heterocycles. The Bertz CT molecular complexity index is 971. The lowest BCUT2D eigenvalue weighted by Gasteiger charge is -2.06. The van der Waals surface area contributed by atoms with E-state index in [0.717, 1.165) is 11.6 Å². The van der Waals surface area contributed by atoms with Crippen molar-refractivity contribution >= 4 is 48.0 Å². The van der Waals surface area contributed by atoms with Gasteiger partial charge in [-0.1, -0.05) is 34.1 Å². The van der Waals surface area contributed by atoms with Crippen LogP contribution in [0, 0.1) is 6.92 Å². The molecule has 5 nitrogen and oxygen atoms in total. The van der Waals surface area contributed by atoms with E-state index in [1.165, 1.54) is 27.4 Å². The van der Waals surface area contributed by atoms with Gasteiger partial charge < -0.3 is 4.55 Å². The highest BCUT2D eigenvalue weighted by molar-refractivity contribution is 9.10. The zero-order chi connectivity index (χ0) is 17.2. The monoisotopic (exact) mass is 397 g/mol. The first-order valence-electron chi connectivity index (χ1n) is 6.72. The van der Waals surface area contributed by atoms with Crippen molar-refractivity contribution in [2.45, 2.75) is 6.92 Å². The van der Waals surface area contributed by atoms with E-state index in [9.17, 15) is 13.0 Å². The fourth-order valence-corrected chi connectivity index (χ4v) is 2.77. The van der Waals surface area contributed by atoms with Crippen LogP contribution < -0.4 is 4.57 Å². The van der Waals surface area contributed by atoms with Gasteiger partial charge in [0.2, 0.25) is 15.9 Å². The highest BCUT2D eigenvalue weighted by atomic mass is 79.9. The SMILES string of the molecule is COS(=O)(=O)[O-].Cc1c2ccccc2c2cc(Br)ccc2[n+]1C. The number of halogens is 1. The maximum atomic E-state index is 9.22. The Labute approximate surface area is 143 Å². The number of benzene rings is 2. The van der Waals surface area contributed by atoms with Crippen LogP contribution in [-0.4, -0.2) is 20.1 Å². The number of nitrogens with zero attached hydrogens (tertiary/aromatic N) is 1. The van der Waals surface area contributed by atoms with Crippen LogP contribution in [0.4, 0.5) is 0 Å². The molecule has 0 saturated carbocycles. The molecule has 0 radical (unpaired) electrons. The number of pyridine rings is 1. The van der Waals surface area contributed by atoms with Gasteiger partial charge in [0.15, 0.2) is 5.69 Å². The van der Waals surface area contributed by atoms with Crippen molar-refractivity contribution in [3.63, 3.8) is 0 Å². The first-order chi connectivity index (χ1) is 10.7. The first kappa shape index (κ1) is 17.8. The van der Waals surface area contributed by atoms with Crippen LogP contribution in [0.2, 0.25) is 0 Å². The molecule has 0 spiro atoms. The predicted molar refractivity (Wildman–Crippen MR) is 91.8 cm³/mol. The minimum Gasteiger partial charge on any atom is -0.726 e. The third-order valence-corrected chi connectivity index (χ3v) is 4.54. The minimum atomic E-state index is -4.41. The molecule has 7 heteroatoms. The summed E-state index contributed by atoms with van der Waals surface area (Å²) in [4.78, 5) is 0. The summed E-state index contributed by atoms with van der Waals surface area (Å²) in [5, 5.41) is 3.93. The molecule has 0 N–H and O–H groups in total. The average Bonchev–Trinajstić information content (AvgIpc) is 2.52. The molecule has 3 rings (SSSR count). The van der Waals surface area contributed by atoms with Crippen LogP contribution >= 0.6 is 15.9 Å². The van der Waals surface area contributed by atoms with Gasteiger partial charge in [0.05, 0.1) is 12.5 Å². The lowest BCUT2D eigenvalue weighted by atomic mass is 10.0. The summed E-state index contributed by atoms with van der Waals surface area (Å²) < 4.78 is 34.4. The van der Waals surface area contributed by atoms with Gasteiger partial charge >= 0.3 is 0 Å². The molecule has 0 fully saturated rings. The van der Waals surface area contributed by atoms with Crippen LogP contribution in [-0.2, 0) is 21.6 Å². The highest BCUT2D eigenvalue weighted by Crippen LogP contribution is 2.26. The molecule has 1 heterocycles. The van der Waals surface area contributed by atoms with E-state index >= 15 is 0 Å². The molecule has 3 aromatic rings. The smallest absolute Gasteiger partial charge is 0.217 e. The van der Waals surface area contributed by atoms with Crippen LogP contribution in [0.15, 0.2) is 46.9 Å². The summed E-state index contributed by atoms with van der Waals surface area (Å²) in [6, 6.07) is 15.0. The lowest BCUT2D eigenvalue weighted by Crippen LogP contribution is -2.33. The summed E-state index contributed by atoms with van der Waals surface area (Å²) in [6.07, 6.45) is 0. The van der Waals surface area contributed by atoms with E-state index in [-0.39, 0.29) is 0 Å². The summed E-state index contributed by atoms with van der Waals surface area (Å²) in [7, 11) is -1.48. The second-order valence-electron chi connectivity index (χ2n) is 4.93. The van der Waals surface area contributed by atoms with Gasteiger partial charge in [-0.2, -0.15) is 4.57 Å². The molecule has 23 heavy (non-hydrogen) atoms. The van der Waals surface area contributed by atoms with Gasteiger partial charge in [-0.25, -0.2) is 8.42 Å². The minimum absolute atomic E-state index is 0.808. The molecule has 122 valence electrons. The molecular weight excluding hydrogens is 382 g/mol. The average molecular weight is 398 g/mol. The quantitative estimate of drug-likeness (QED) is 0.274. The molecule has 0 bridgehead atoms. The maximum absolute atomic E-state index is 9.22. The van der Waals surface area contributed by atoms with Crippen molar-refractivity contribution in [3.05, 3.63) is 52.6 Å². The van der Waals surface area contributed by atoms with Crippen LogP contribution in [0.1, 0.15) is 5.69 Å². The fourth-order valence-electron chi connectivity index (χ4n) is 2.41. The number of hydrogen-bond acceptors (Lipinski definition) is 4. The second-order valence-corrected chi connectivity index (χ2v) is 6.99. The largest absolute Gasteiger partial charge is 0.726 e. The zero-order valence-electron chi connectivity index (χ0n) is 12.9. The van der Waals surface area contributed by atoms with Crippen molar-refractivity contribution < 1.29 is 21.7 Å². The van der Waals surface area contributed by atoms with Crippen LogP contribution in [0.5, 0.6) is 0 Å². The van der Waals surface area contributed by atoms with Crippen LogP contribution in [0.3, 0.4) is 0 Å². The van der Waals surface area contributed by atoms with Crippen LogP contribution in [0.25, 0.3) is 21.7 Å². The predicted octanol–water partition coefficient (Wildman–Crippen LogP) is 2.98. The Morgan fingerprint density at radius 2 is 1.65 bits per heavy atom. The number of aryl methyl sites for hydroxylation is 2. The topological polar surface area (TPSA) is 70.3 Å². The lowest BCUT2D eigenvalue weighted by molar-refractivity contribution is -0.649. The number of hydrogen-bond donors (Lipinski definition) is 0. The van der Waals surface area contributed by atoms with Gasteiger partial charge in [-0.3, -0.25) is 4.18 Å². The molecule has 0 aliphatic carbocycles. The van der Waals surface area contributed by atoms with Crippen molar-refractivity contribution in [3.8, 4) is 0 Å². The third-order valence-electron chi connectivity index (χ3n) is 3.63. The van der Waals surface area contributed by atoms with E-state index in [1.807, 2.05) is 0 Å². The Morgan fingerprint density at radius 3 is 2.22 bits per heavy atom. The van der Waals surface area contributed by atoms with E-state index in [4.69, 9.17) is 0 Å². The maximum Gasteiger partial charge on any atom is 0.217 e.